The van der Waals surface area contributed by atoms with Crippen molar-refractivity contribution in [1.82, 2.24) is 5.32 Å². The predicted octanol–water partition coefficient (Wildman–Crippen LogP) is 4.66. The van der Waals surface area contributed by atoms with E-state index in [9.17, 15) is 0 Å². The van der Waals surface area contributed by atoms with Crippen LogP contribution >= 0.6 is 12.2 Å². The van der Waals surface area contributed by atoms with Gasteiger partial charge in [0.25, 0.3) is 0 Å². The van der Waals surface area contributed by atoms with Crippen LogP contribution in [0.4, 0.5) is 5.69 Å². The second kappa shape index (κ2) is 6.72. The molecule has 0 saturated carbocycles. The molecule has 0 unspecified atom stereocenters. The van der Waals surface area contributed by atoms with Gasteiger partial charge in [-0.15, -0.1) is 0 Å². The molecule has 0 fully saturated rings. The van der Waals surface area contributed by atoms with Gasteiger partial charge in [0.2, 0.25) is 0 Å². The molecule has 0 amide bonds. The monoisotopic (exact) mass is 298 g/mol. The van der Waals surface area contributed by atoms with Gasteiger partial charge in [0, 0.05) is 5.69 Å². The molecule has 2 nitrogen and oxygen atoms in total. The number of rotatable bonds is 3. The number of nitrogens with one attached hydrogen (secondary N) is 2. The third-order valence-corrected chi connectivity index (χ3v) is 3.77. The molecule has 1 atom stereocenters. The number of thiocarbonyl (C=S) groups is 1. The first-order chi connectivity index (χ1) is 9.95. The summed E-state index contributed by atoms with van der Waals surface area (Å²) >= 11 is 5.41. The molecule has 21 heavy (non-hydrogen) atoms. The van der Waals surface area contributed by atoms with Gasteiger partial charge in [-0.05, 0) is 57.1 Å². The van der Waals surface area contributed by atoms with Crippen molar-refractivity contribution >= 4 is 23.0 Å². The highest BCUT2D eigenvalue weighted by atomic mass is 32.1. The van der Waals surface area contributed by atoms with Crippen LogP contribution in [0.25, 0.3) is 0 Å². The van der Waals surface area contributed by atoms with Crippen molar-refractivity contribution in [3.8, 4) is 0 Å². The Hall–Kier alpha value is -1.87. The van der Waals surface area contributed by atoms with E-state index in [1.54, 1.807) is 0 Å². The van der Waals surface area contributed by atoms with E-state index in [2.05, 4.69) is 80.8 Å². The summed E-state index contributed by atoms with van der Waals surface area (Å²) in [6.45, 7) is 8.38. The Morgan fingerprint density at radius 3 is 2.19 bits per heavy atom. The third kappa shape index (κ3) is 4.30. The van der Waals surface area contributed by atoms with E-state index in [1.807, 2.05) is 0 Å². The van der Waals surface area contributed by atoms with E-state index in [-0.39, 0.29) is 6.04 Å². The minimum atomic E-state index is 0.177. The molecule has 0 aliphatic heterocycles. The first-order valence-electron chi connectivity index (χ1n) is 7.17. The molecule has 0 aliphatic rings. The number of anilines is 1. The van der Waals surface area contributed by atoms with Crippen LogP contribution in [0.2, 0.25) is 0 Å². The van der Waals surface area contributed by atoms with Crippen molar-refractivity contribution in [2.75, 3.05) is 5.32 Å². The van der Waals surface area contributed by atoms with E-state index in [4.69, 9.17) is 12.2 Å². The minimum absolute atomic E-state index is 0.177. The molecule has 2 rings (SSSR count). The lowest BCUT2D eigenvalue weighted by Gasteiger charge is -2.18. The Morgan fingerprint density at radius 1 is 0.952 bits per heavy atom. The van der Waals surface area contributed by atoms with Crippen molar-refractivity contribution in [2.45, 2.75) is 33.7 Å². The van der Waals surface area contributed by atoms with Crippen LogP contribution in [-0.2, 0) is 0 Å². The Bertz CT molecular complexity index is 632. The normalized spacial score (nSPS) is 11.8. The quantitative estimate of drug-likeness (QED) is 0.806. The first-order valence-corrected chi connectivity index (χ1v) is 7.58. The summed E-state index contributed by atoms with van der Waals surface area (Å²) in [6.07, 6.45) is 0. The van der Waals surface area contributed by atoms with Crippen LogP contribution in [0.1, 0.15) is 35.2 Å². The molecule has 2 aromatic carbocycles. The van der Waals surface area contributed by atoms with Crippen LogP contribution in [0, 0.1) is 20.8 Å². The molecule has 0 aromatic heterocycles. The third-order valence-electron chi connectivity index (χ3n) is 3.56. The molecule has 0 aliphatic carbocycles. The zero-order chi connectivity index (χ0) is 15.4. The lowest BCUT2D eigenvalue weighted by Crippen LogP contribution is -2.31. The Balaban J connectivity index is 1.99. The van der Waals surface area contributed by atoms with Crippen LogP contribution in [-0.4, -0.2) is 5.11 Å². The molecule has 0 spiro atoms. The van der Waals surface area contributed by atoms with Crippen LogP contribution in [0.15, 0.2) is 42.5 Å². The highest BCUT2D eigenvalue weighted by Gasteiger charge is 2.07. The summed E-state index contributed by atoms with van der Waals surface area (Å²) in [5.74, 6) is 0. The highest BCUT2D eigenvalue weighted by Crippen LogP contribution is 2.17. The number of aryl methyl sites for hydroxylation is 3. The lowest BCUT2D eigenvalue weighted by atomic mass is 10.1. The summed E-state index contributed by atoms with van der Waals surface area (Å²) in [5, 5.41) is 7.24. The average molecular weight is 298 g/mol. The fourth-order valence-electron chi connectivity index (χ4n) is 2.25. The van der Waals surface area contributed by atoms with Gasteiger partial charge in [-0.1, -0.05) is 47.5 Å². The van der Waals surface area contributed by atoms with Gasteiger partial charge in [-0.3, -0.25) is 0 Å². The summed E-state index contributed by atoms with van der Waals surface area (Å²) in [4.78, 5) is 0. The Morgan fingerprint density at radius 2 is 1.57 bits per heavy atom. The topological polar surface area (TPSA) is 24.1 Å². The lowest BCUT2D eigenvalue weighted by molar-refractivity contribution is 0.722. The molecule has 0 saturated heterocycles. The van der Waals surface area contributed by atoms with E-state index in [1.165, 1.54) is 22.3 Å². The predicted molar refractivity (Wildman–Crippen MR) is 94.9 cm³/mol. The van der Waals surface area contributed by atoms with Crippen LogP contribution in [0.5, 0.6) is 0 Å². The van der Waals surface area contributed by atoms with E-state index >= 15 is 0 Å². The minimum Gasteiger partial charge on any atom is -0.356 e. The summed E-state index contributed by atoms with van der Waals surface area (Å²) in [6, 6.07) is 15.0. The molecule has 0 radical (unpaired) electrons. The van der Waals surface area contributed by atoms with Gasteiger partial charge in [-0.2, -0.15) is 0 Å². The van der Waals surface area contributed by atoms with Gasteiger partial charge in [0.05, 0.1) is 6.04 Å². The van der Waals surface area contributed by atoms with Gasteiger partial charge in [0.15, 0.2) is 5.11 Å². The standard InChI is InChI=1S/C18H22N2S/c1-12-5-8-16(9-6-12)15(4)19-18(21)20-17-10-7-13(2)11-14(17)3/h5-11,15H,1-4H3,(H2,19,20,21)/t15-/m0/s1. The summed E-state index contributed by atoms with van der Waals surface area (Å²) < 4.78 is 0. The van der Waals surface area contributed by atoms with E-state index in [0.29, 0.717) is 5.11 Å². The molecule has 0 heterocycles. The average Bonchev–Trinajstić information content (AvgIpc) is 2.42. The van der Waals surface area contributed by atoms with Gasteiger partial charge < -0.3 is 10.6 Å². The molecule has 3 heteroatoms. The van der Waals surface area contributed by atoms with Crippen molar-refractivity contribution in [3.63, 3.8) is 0 Å². The van der Waals surface area contributed by atoms with E-state index in [0.717, 1.165) is 5.69 Å². The fraction of sp³-hybridized carbons (Fsp3) is 0.278. The smallest absolute Gasteiger partial charge is 0.171 e. The number of hydrogen-bond acceptors (Lipinski definition) is 1. The largest absolute Gasteiger partial charge is 0.356 e. The highest BCUT2D eigenvalue weighted by molar-refractivity contribution is 7.80. The van der Waals surface area contributed by atoms with Crippen molar-refractivity contribution in [1.29, 1.82) is 0 Å². The van der Waals surface area contributed by atoms with E-state index < -0.39 is 0 Å². The van der Waals surface area contributed by atoms with Gasteiger partial charge in [-0.25, -0.2) is 0 Å². The maximum Gasteiger partial charge on any atom is 0.171 e. The Kier molecular flexibility index (Phi) is 4.97. The van der Waals surface area contributed by atoms with Crippen molar-refractivity contribution in [3.05, 3.63) is 64.7 Å². The maximum atomic E-state index is 5.41. The van der Waals surface area contributed by atoms with Crippen molar-refractivity contribution in [2.24, 2.45) is 0 Å². The SMILES string of the molecule is Cc1ccc([C@H](C)NC(=S)Nc2ccc(C)cc2C)cc1. The molecule has 2 N–H and O–H groups in total. The molecular weight excluding hydrogens is 276 g/mol. The van der Waals surface area contributed by atoms with Crippen LogP contribution in [0.3, 0.4) is 0 Å². The fourth-order valence-corrected chi connectivity index (χ4v) is 2.53. The van der Waals surface area contributed by atoms with Crippen molar-refractivity contribution < 1.29 is 0 Å². The first kappa shape index (κ1) is 15.5. The number of hydrogen-bond donors (Lipinski definition) is 2. The zero-order valence-corrected chi connectivity index (χ0v) is 13.8. The summed E-state index contributed by atoms with van der Waals surface area (Å²) in [5.41, 5.74) is 5.99. The van der Waals surface area contributed by atoms with Gasteiger partial charge in [0.1, 0.15) is 0 Å². The zero-order valence-electron chi connectivity index (χ0n) is 13.0. The maximum absolute atomic E-state index is 5.41. The molecule has 110 valence electrons. The number of benzene rings is 2. The second-order valence-electron chi connectivity index (χ2n) is 5.55. The molecule has 2 aromatic rings. The molecule has 0 bridgehead atoms. The van der Waals surface area contributed by atoms with Gasteiger partial charge >= 0.3 is 0 Å². The Labute approximate surface area is 132 Å². The second-order valence-corrected chi connectivity index (χ2v) is 5.96. The van der Waals surface area contributed by atoms with Crippen LogP contribution < -0.4 is 10.6 Å². The summed E-state index contributed by atoms with van der Waals surface area (Å²) in [7, 11) is 0. The molecular formula is C18H22N2S.